The first-order valence-corrected chi connectivity index (χ1v) is 10.3. The summed E-state index contributed by atoms with van der Waals surface area (Å²) in [5.41, 5.74) is 1.10. The van der Waals surface area contributed by atoms with Crippen LogP contribution in [0.3, 0.4) is 0 Å². The fourth-order valence-corrected chi connectivity index (χ4v) is 4.48. The van der Waals surface area contributed by atoms with Gasteiger partial charge < -0.3 is 15.4 Å². The zero-order chi connectivity index (χ0) is 19.3. The van der Waals surface area contributed by atoms with Crippen LogP contribution in [0.25, 0.3) is 0 Å². The second kappa shape index (κ2) is 8.41. The lowest BCUT2D eigenvalue weighted by molar-refractivity contribution is 0.262. The molecule has 1 aliphatic heterocycles. The van der Waals surface area contributed by atoms with E-state index in [1.54, 1.807) is 43.5 Å². The number of carbonyl (C=O) groups is 1. The highest BCUT2D eigenvalue weighted by atomic mass is 32.2. The molecule has 1 fully saturated rings. The van der Waals surface area contributed by atoms with Gasteiger partial charge >= 0.3 is 6.03 Å². The predicted octanol–water partition coefficient (Wildman–Crippen LogP) is 3.51. The van der Waals surface area contributed by atoms with E-state index in [1.165, 1.54) is 16.4 Å². The Hall–Kier alpha value is -2.58. The van der Waals surface area contributed by atoms with Gasteiger partial charge in [-0.05, 0) is 49.2 Å². The van der Waals surface area contributed by atoms with Gasteiger partial charge in [-0.2, -0.15) is 4.31 Å². The number of methoxy groups -OCH3 is 1. The van der Waals surface area contributed by atoms with Gasteiger partial charge in [0.2, 0.25) is 10.0 Å². The molecule has 1 aliphatic rings. The fourth-order valence-electron chi connectivity index (χ4n) is 2.96. The summed E-state index contributed by atoms with van der Waals surface area (Å²) in [5, 5.41) is 5.39. The van der Waals surface area contributed by atoms with Crippen LogP contribution < -0.4 is 15.4 Å². The number of sulfonamides is 1. The lowest BCUT2D eigenvalue weighted by Crippen LogP contribution is -2.35. The summed E-state index contributed by atoms with van der Waals surface area (Å²) in [6.45, 7) is 1.12. The standard InChI is InChI=1S/C19H23N3O4S/c1-26-17-7-5-6-16(14-17)21-19(23)20-15-8-10-18(11-9-15)27(24,25)22-12-3-2-4-13-22/h5-11,14H,2-4,12-13H2,1H3,(H2,20,21,23). The molecule has 0 atom stereocenters. The lowest BCUT2D eigenvalue weighted by Gasteiger charge is -2.25. The Labute approximate surface area is 159 Å². The van der Waals surface area contributed by atoms with Gasteiger partial charge in [0.25, 0.3) is 0 Å². The number of amides is 2. The van der Waals surface area contributed by atoms with Gasteiger partial charge in [-0.25, -0.2) is 13.2 Å². The maximum Gasteiger partial charge on any atom is 0.323 e. The van der Waals surface area contributed by atoms with Crippen molar-refractivity contribution in [3.63, 3.8) is 0 Å². The molecule has 8 heteroatoms. The van der Waals surface area contributed by atoms with E-state index in [0.29, 0.717) is 30.2 Å². The molecule has 0 unspecified atom stereocenters. The van der Waals surface area contributed by atoms with Gasteiger partial charge in [0, 0.05) is 30.5 Å². The third-order valence-electron chi connectivity index (χ3n) is 4.39. The SMILES string of the molecule is COc1cccc(NC(=O)Nc2ccc(S(=O)(=O)N3CCCCC3)cc2)c1. The molecule has 0 bridgehead atoms. The van der Waals surface area contributed by atoms with E-state index >= 15 is 0 Å². The molecule has 2 amide bonds. The Bertz CT molecular complexity index is 891. The number of anilines is 2. The molecule has 7 nitrogen and oxygen atoms in total. The molecule has 0 saturated carbocycles. The first-order valence-electron chi connectivity index (χ1n) is 8.81. The molecule has 2 aromatic rings. The van der Waals surface area contributed by atoms with Crippen molar-refractivity contribution in [2.75, 3.05) is 30.8 Å². The first-order chi connectivity index (χ1) is 13.0. The maximum absolute atomic E-state index is 12.6. The second-order valence-electron chi connectivity index (χ2n) is 6.30. The van der Waals surface area contributed by atoms with Crippen molar-refractivity contribution < 1.29 is 17.9 Å². The summed E-state index contributed by atoms with van der Waals surface area (Å²) in [6, 6.07) is 12.8. The van der Waals surface area contributed by atoms with E-state index in [-0.39, 0.29) is 4.90 Å². The number of benzene rings is 2. The number of hydrogen-bond acceptors (Lipinski definition) is 4. The lowest BCUT2D eigenvalue weighted by atomic mass is 10.2. The molecule has 0 spiro atoms. The highest BCUT2D eigenvalue weighted by Crippen LogP contribution is 2.22. The Morgan fingerprint density at radius 3 is 2.30 bits per heavy atom. The van der Waals surface area contributed by atoms with Gasteiger partial charge in [-0.1, -0.05) is 12.5 Å². The van der Waals surface area contributed by atoms with Crippen LogP contribution in [0.4, 0.5) is 16.2 Å². The molecule has 2 N–H and O–H groups in total. The van der Waals surface area contributed by atoms with Crippen LogP contribution in [0.15, 0.2) is 53.4 Å². The molecular formula is C19H23N3O4S. The molecule has 0 radical (unpaired) electrons. The smallest absolute Gasteiger partial charge is 0.323 e. The number of rotatable bonds is 5. The van der Waals surface area contributed by atoms with Crippen molar-refractivity contribution in [3.05, 3.63) is 48.5 Å². The van der Waals surface area contributed by atoms with Crippen molar-refractivity contribution in [1.82, 2.24) is 4.31 Å². The number of urea groups is 1. The van der Waals surface area contributed by atoms with Crippen molar-refractivity contribution in [2.45, 2.75) is 24.2 Å². The van der Waals surface area contributed by atoms with Crippen molar-refractivity contribution in [3.8, 4) is 5.75 Å². The van der Waals surface area contributed by atoms with E-state index in [1.807, 2.05) is 0 Å². The van der Waals surface area contributed by atoms with Crippen LogP contribution in [-0.4, -0.2) is 39.0 Å². The number of nitrogens with zero attached hydrogens (tertiary/aromatic N) is 1. The van der Waals surface area contributed by atoms with Crippen LogP contribution >= 0.6 is 0 Å². The number of piperidine rings is 1. The highest BCUT2D eigenvalue weighted by molar-refractivity contribution is 7.89. The van der Waals surface area contributed by atoms with E-state index in [9.17, 15) is 13.2 Å². The van der Waals surface area contributed by atoms with Crippen molar-refractivity contribution in [2.24, 2.45) is 0 Å². The molecule has 0 aromatic heterocycles. The van der Waals surface area contributed by atoms with Crippen LogP contribution in [-0.2, 0) is 10.0 Å². The second-order valence-corrected chi connectivity index (χ2v) is 8.24. The van der Waals surface area contributed by atoms with Crippen LogP contribution in [0.5, 0.6) is 5.75 Å². The monoisotopic (exact) mass is 389 g/mol. The third kappa shape index (κ3) is 4.78. The number of nitrogens with one attached hydrogen (secondary N) is 2. The average Bonchev–Trinajstić information content (AvgIpc) is 2.69. The van der Waals surface area contributed by atoms with Gasteiger partial charge in [-0.15, -0.1) is 0 Å². The fraction of sp³-hybridized carbons (Fsp3) is 0.316. The Kier molecular flexibility index (Phi) is 5.98. The van der Waals surface area contributed by atoms with E-state index < -0.39 is 16.1 Å². The zero-order valence-electron chi connectivity index (χ0n) is 15.1. The van der Waals surface area contributed by atoms with Crippen molar-refractivity contribution >= 4 is 27.4 Å². The summed E-state index contributed by atoms with van der Waals surface area (Å²) in [7, 11) is -1.92. The number of hydrogen-bond donors (Lipinski definition) is 2. The minimum absolute atomic E-state index is 0.239. The van der Waals surface area contributed by atoms with E-state index in [0.717, 1.165) is 19.3 Å². The summed E-state index contributed by atoms with van der Waals surface area (Å²) >= 11 is 0. The third-order valence-corrected chi connectivity index (χ3v) is 6.31. The molecule has 144 valence electrons. The molecule has 27 heavy (non-hydrogen) atoms. The molecule has 0 aliphatic carbocycles. The Morgan fingerprint density at radius 2 is 1.63 bits per heavy atom. The normalized spacial score (nSPS) is 15.1. The molecule has 2 aromatic carbocycles. The van der Waals surface area contributed by atoms with Gasteiger partial charge in [0.15, 0.2) is 0 Å². The molecule has 1 heterocycles. The Morgan fingerprint density at radius 1 is 0.963 bits per heavy atom. The first kappa shape index (κ1) is 19.2. The van der Waals surface area contributed by atoms with Crippen LogP contribution in [0, 0.1) is 0 Å². The average molecular weight is 389 g/mol. The molecule has 3 rings (SSSR count). The van der Waals surface area contributed by atoms with Gasteiger partial charge in [-0.3, -0.25) is 0 Å². The summed E-state index contributed by atoms with van der Waals surface area (Å²) < 4.78 is 31.9. The van der Waals surface area contributed by atoms with E-state index in [4.69, 9.17) is 4.74 Å². The van der Waals surface area contributed by atoms with Gasteiger partial charge in [0.05, 0.1) is 12.0 Å². The largest absolute Gasteiger partial charge is 0.497 e. The summed E-state index contributed by atoms with van der Waals surface area (Å²) in [5.74, 6) is 0.639. The predicted molar refractivity (Wildman–Crippen MR) is 105 cm³/mol. The van der Waals surface area contributed by atoms with Crippen molar-refractivity contribution in [1.29, 1.82) is 0 Å². The van der Waals surface area contributed by atoms with Crippen LogP contribution in [0.2, 0.25) is 0 Å². The molecular weight excluding hydrogens is 366 g/mol. The number of ether oxygens (including phenoxy) is 1. The van der Waals surface area contributed by atoms with Crippen LogP contribution in [0.1, 0.15) is 19.3 Å². The summed E-state index contributed by atoms with van der Waals surface area (Å²) in [4.78, 5) is 12.4. The molecule has 1 saturated heterocycles. The Balaban J connectivity index is 1.63. The van der Waals surface area contributed by atoms with E-state index in [2.05, 4.69) is 10.6 Å². The topological polar surface area (TPSA) is 87.7 Å². The highest BCUT2D eigenvalue weighted by Gasteiger charge is 2.25. The minimum atomic E-state index is -3.47. The quantitative estimate of drug-likeness (QED) is 0.819. The van der Waals surface area contributed by atoms with Gasteiger partial charge in [0.1, 0.15) is 5.75 Å². The maximum atomic E-state index is 12.6. The minimum Gasteiger partial charge on any atom is -0.497 e. The summed E-state index contributed by atoms with van der Waals surface area (Å²) in [6.07, 6.45) is 2.85. The zero-order valence-corrected chi connectivity index (χ0v) is 16.0. The number of carbonyl (C=O) groups excluding carboxylic acids is 1.